The molecule has 1 unspecified atom stereocenters. The third-order valence-corrected chi connectivity index (χ3v) is 9.46. The maximum Gasteiger partial charge on any atom is 0.475 e. The second-order valence-electron chi connectivity index (χ2n) is 8.29. The summed E-state index contributed by atoms with van der Waals surface area (Å²) in [6.45, 7) is 8.36. The molecular formula is C27H36FNO9P2. The van der Waals surface area contributed by atoms with E-state index < -0.39 is 27.1 Å². The van der Waals surface area contributed by atoms with E-state index in [0.717, 1.165) is 11.6 Å². The molecule has 1 aromatic heterocycles. The Labute approximate surface area is 234 Å². The van der Waals surface area contributed by atoms with Crippen LogP contribution in [0.25, 0.3) is 11.5 Å². The van der Waals surface area contributed by atoms with Crippen molar-refractivity contribution in [3.63, 3.8) is 0 Å². The number of hydrogen-bond donors (Lipinski definition) is 0. The SMILES string of the molecule is CCOP(=O)(OCC)OC(c1ccc(OCCc2nc(-c3ccccc3)oc2C)c(F)c1)P(=O)(OCC)OCC. The fraction of sp³-hybridized carbons (Fsp3) is 0.444. The van der Waals surface area contributed by atoms with Crippen molar-refractivity contribution < 1.29 is 45.3 Å². The predicted molar refractivity (Wildman–Crippen MR) is 148 cm³/mol. The first-order chi connectivity index (χ1) is 19.2. The van der Waals surface area contributed by atoms with Crippen LogP contribution in [0.5, 0.6) is 5.75 Å². The van der Waals surface area contributed by atoms with Gasteiger partial charge in [-0.25, -0.2) is 13.9 Å². The molecule has 10 nitrogen and oxygen atoms in total. The highest BCUT2D eigenvalue weighted by molar-refractivity contribution is 7.55. The highest BCUT2D eigenvalue weighted by atomic mass is 31.2. The zero-order valence-electron chi connectivity index (χ0n) is 23.3. The molecule has 2 aromatic carbocycles. The van der Waals surface area contributed by atoms with Crippen LogP contribution in [-0.4, -0.2) is 38.0 Å². The Hall–Kier alpha value is -2.36. The molecule has 0 radical (unpaired) electrons. The van der Waals surface area contributed by atoms with Gasteiger partial charge in [0.25, 0.3) is 0 Å². The molecule has 0 spiro atoms. The smallest absolute Gasteiger partial charge is 0.475 e. The largest absolute Gasteiger partial charge is 0.490 e. The molecule has 1 atom stereocenters. The average molecular weight is 600 g/mol. The van der Waals surface area contributed by atoms with Crippen LogP contribution >= 0.6 is 15.4 Å². The molecule has 0 amide bonds. The minimum atomic E-state index is -4.19. The Morgan fingerprint density at radius 2 is 1.52 bits per heavy atom. The highest BCUT2D eigenvalue weighted by Gasteiger charge is 2.44. The third kappa shape index (κ3) is 8.33. The van der Waals surface area contributed by atoms with Crippen molar-refractivity contribution in [1.82, 2.24) is 4.98 Å². The molecule has 1 heterocycles. The van der Waals surface area contributed by atoms with Crippen LogP contribution in [0.15, 0.2) is 52.9 Å². The van der Waals surface area contributed by atoms with E-state index in [1.54, 1.807) is 27.7 Å². The zero-order chi connectivity index (χ0) is 29.2. The topological polar surface area (TPSA) is 116 Å². The van der Waals surface area contributed by atoms with Crippen LogP contribution in [0.4, 0.5) is 4.39 Å². The Balaban J connectivity index is 1.80. The molecule has 0 aliphatic heterocycles. The molecule has 0 N–H and O–H groups in total. The maximum absolute atomic E-state index is 15.2. The van der Waals surface area contributed by atoms with Gasteiger partial charge in [-0.1, -0.05) is 24.3 Å². The molecule has 40 heavy (non-hydrogen) atoms. The lowest BCUT2D eigenvalue weighted by Crippen LogP contribution is -2.12. The summed E-state index contributed by atoms with van der Waals surface area (Å²) in [7, 11) is -8.29. The number of hydrogen-bond acceptors (Lipinski definition) is 10. The minimum absolute atomic E-state index is 0.00182. The number of nitrogens with zero attached hydrogens (tertiary/aromatic N) is 1. The number of aryl methyl sites for hydroxylation is 1. The summed E-state index contributed by atoms with van der Waals surface area (Å²) in [4.78, 5) is 4.53. The summed E-state index contributed by atoms with van der Waals surface area (Å²) in [5.41, 5.74) is 1.60. The van der Waals surface area contributed by atoms with Gasteiger partial charge < -0.3 is 18.2 Å². The Morgan fingerprint density at radius 1 is 0.900 bits per heavy atom. The van der Waals surface area contributed by atoms with Gasteiger partial charge in [0.05, 0.1) is 38.7 Å². The first-order valence-corrected chi connectivity index (χ1v) is 16.2. The van der Waals surface area contributed by atoms with E-state index >= 15 is 4.39 Å². The van der Waals surface area contributed by atoms with Crippen LogP contribution in [-0.2, 0) is 38.2 Å². The third-order valence-electron chi connectivity index (χ3n) is 5.46. The van der Waals surface area contributed by atoms with Gasteiger partial charge in [-0.15, -0.1) is 0 Å². The number of rotatable bonds is 17. The summed E-state index contributed by atoms with van der Waals surface area (Å²) in [6.07, 6.45) is 0.380. The monoisotopic (exact) mass is 599 g/mol. The van der Waals surface area contributed by atoms with Gasteiger partial charge in [-0.3, -0.25) is 18.1 Å². The highest BCUT2D eigenvalue weighted by Crippen LogP contribution is 2.67. The molecule has 220 valence electrons. The molecule has 13 heteroatoms. The standard InChI is InChI=1S/C27H36FNO9P2/c1-6-33-39(30,34-7-2)27(38-40(31,35-8-3)36-9-4)22-15-16-25(23(28)19-22)32-18-17-24-20(5)37-26(29-24)21-13-11-10-12-14-21/h10-16,19,27H,6-9,17-18H2,1-5H3. The van der Waals surface area contributed by atoms with Gasteiger partial charge in [0.1, 0.15) is 5.76 Å². The predicted octanol–water partition coefficient (Wildman–Crippen LogP) is 7.87. The summed E-state index contributed by atoms with van der Waals surface area (Å²) in [6, 6.07) is 13.4. The van der Waals surface area contributed by atoms with Gasteiger partial charge in [0, 0.05) is 12.0 Å². The summed E-state index contributed by atoms with van der Waals surface area (Å²) < 4.78 is 80.4. The number of aromatic nitrogens is 1. The second-order valence-corrected chi connectivity index (χ2v) is 12.0. The number of benzene rings is 2. The van der Waals surface area contributed by atoms with E-state index in [9.17, 15) is 9.13 Å². The van der Waals surface area contributed by atoms with Crippen LogP contribution < -0.4 is 4.74 Å². The first-order valence-electron chi connectivity index (χ1n) is 13.1. The Kier molecular flexibility index (Phi) is 12.1. The van der Waals surface area contributed by atoms with Gasteiger partial charge >= 0.3 is 15.4 Å². The van der Waals surface area contributed by atoms with Crippen molar-refractivity contribution in [3.8, 4) is 17.2 Å². The first kappa shape index (κ1) is 32.2. The summed E-state index contributed by atoms with van der Waals surface area (Å²) in [5, 5.41) is 0. The van der Waals surface area contributed by atoms with E-state index in [4.69, 9.17) is 31.8 Å². The van der Waals surface area contributed by atoms with E-state index in [0.29, 0.717) is 23.8 Å². The summed E-state index contributed by atoms with van der Waals surface area (Å²) >= 11 is 0. The molecule has 0 saturated carbocycles. The molecule has 3 rings (SSSR count). The van der Waals surface area contributed by atoms with Crippen molar-refractivity contribution in [2.24, 2.45) is 0 Å². The quantitative estimate of drug-likeness (QED) is 0.142. The number of oxazole rings is 1. The summed E-state index contributed by atoms with van der Waals surface area (Å²) in [5.74, 6) is -1.25. The minimum Gasteiger partial charge on any atom is -0.490 e. The van der Waals surface area contributed by atoms with E-state index in [1.807, 2.05) is 37.3 Å². The van der Waals surface area contributed by atoms with Crippen molar-refractivity contribution in [3.05, 3.63) is 71.4 Å². The normalized spacial score (nSPS) is 12.9. The van der Waals surface area contributed by atoms with Gasteiger partial charge in [0.2, 0.25) is 5.89 Å². The fourth-order valence-corrected chi connectivity index (χ4v) is 7.37. The van der Waals surface area contributed by atoms with E-state index in [2.05, 4.69) is 4.98 Å². The number of ether oxygens (including phenoxy) is 1. The van der Waals surface area contributed by atoms with Crippen LogP contribution in [0, 0.1) is 12.7 Å². The molecule has 0 saturated heterocycles. The zero-order valence-corrected chi connectivity index (χ0v) is 25.1. The molecule has 0 aliphatic carbocycles. The van der Waals surface area contributed by atoms with Crippen molar-refractivity contribution in [2.45, 2.75) is 46.9 Å². The number of phosphoric acid groups is 1. The lowest BCUT2D eigenvalue weighted by atomic mass is 10.2. The van der Waals surface area contributed by atoms with Gasteiger partial charge in [0.15, 0.2) is 17.4 Å². The van der Waals surface area contributed by atoms with Crippen LogP contribution in [0.1, 0.15) is 50.6 Å². The molecular weight excluding hydrogens is 563 g/mol. The Morgan fingerprint density at radius 3 is 2.10 bits per heavy atom. The maximum atomic E-state index is 15.2. The number of phosphoric ester groups is 1. The Bertz CT molecular complexity index is 1300. The lowest BCUT2D eigenvalue weighted by Gasteiger charge is -2.29. The van der Waals surface area contributed by atoms with Gasteiger partial charge in [-0.2, -0.15) is 0 Å². The molecule has 0 bridgehead atoms. The fourth-order valence-electron chi connectivity index (χ4n) is 3.78. The average Bonchev–Trinajstić information content (AvgIpc) is 3.29. The van der Waals surface area contributed by atoms with Crippen LogP contribution in [0.3, 0.4) is 0 Å². The molecule has 0 aliphatic rings. The van der Waals surface area contributed by atoms with Crippen molar-refractivity contribution in [2.75, 3.05) is 33.0 Å². The molecule has 0 fully saturated rings. The van der Waals surface area contributed by atoms with Crippen molar-refractivity contribution in [1.29, 1.82) is 0 Å². The van der Waals surface area contributed by atoms with E-state index in [1.165, 1.54) is 12.1 Å². The number of halogens is 1. The van der Waals surface area contributed by atoms with Crippen molar-refractivity contribution >= 4 is 15.4 Å². The van der Waals surface area contributed by atoms with Crippen LogP contribution in [0.2, 0.25) is 0 Å². The second kappa shape index (κ2) is 15.0. The molecule has 3 aromatic rings. The van der Waals surface area contributed by atoms with Gasteiger partial charge in [-0.05, 0) is 64.4 Å². The lowest BCUT2D eigenvalue weighted by molar-refractivity contribution is 0.0891. The van der Waals surface area contributed by atoms with E-state index in [-0.39, 0.29) is 44.3 Å².